The van der Waals surface area contributed by atoms with Crippen molar-refractivity contribution >= 4 is 23.5 Å². The highest BCUT2D eigenvalue weighted by molar-refractivity contribution is 6.30. The number of fused-ring (bicyclic) bond motifs is 1. The van der Waals surface area contributed by atoms with Crippen LogP contribution in [0.3, 0.4) is 0 Å². The lowest BCUT2D eigenvalue weighted by atomic mass is 10.0. The lowest BCUT2D eigenvalue weighted by Gasteiger charge is -2.22. The molecule has 25 heavy (non-hydrogen) atoms. The van der Waals surface area contributed by atoms with E-state index in [9.17, 15) is 9.18 Å². The molecule has 0 aromatic carbocycles. The molecule has 2 aliphatic heterocycles. The third-order valence-corrected chi connectivity index (χ3v) is 5.12. The highest BCUT2D eigenvalue weighted by atomic mass is 35.5. The SMILES string of the molecule is CCc1nc(N2CC3CN(c4ncc(Cl)cn4)CC3C2)[nH]c(=O)c1F. The van der Waals surface area contributed by atoms with Crippen LogP contribution in [0.2, 0.25) is 5.02 Å². The van der Waals surface area contributed by atoms with E-state index in [1.807, 2.05) is 4.90 Å². The molecular formula is C16H18ClFN6O. The van der Waals surface area contributed by atoms with Crippen LogP contribution in [0.15, 0.2) is 17.2 Å². The van der Waals surface area contributed by atoms with Crippen LogP contribution in [0.5, 0.6) is 0 Å². The first-order valence-corrected chi connectivity index (χ1v) is 8.69. The van der Waals surface area contributed by atoms with E-state index in [1.165, 1.54) is 0 Å². The number of halogens is 2. The van der Waals surface area contributed by atoms with E-state index in [4.69, 9.17) is 11.6 Å². The molecule has 0 spiro atoms. The molecule has 2 aromatic heterocycles. The summed E-state index contributed by atoms with van der Waals surface area (Å²) in [5.41, 5.74) is -0.484. The summed E-state index contributed by atoms with van der Waals surface area (Å²) in [6.07, 6.45) is 3.60. The van der Waals surface area contributed by atoms with Gasteiger partial charge in [-0.2, -0.15) is 4.39 Å². The minimum absolute atomic E-state index is 0.215. The first-order valence-electron chi connectivity index (χ1n) is 8.31. The average molecular weight is 365 g/mol. The number of hydrogen-bond acceptors (Lipinski definition) is 6. The fourth-order valence-electron chi connectivity index (χ4n) is 3.67. The molecule has 1 N–H and O–H groups in total. The second-order valence-corrected chi connectivity index (χ2v) is 6.97. The summed E-state index contributed by atoms with van der Waals surface area (Å²) in [5.74, 6) is 1.23. The molecule has 0 radical (unpaired) electrons. The summed E-state index contributed by atoms with van der Waals surface area (Å²) in [4.78, 5) is 31.4. The van der Waals surface area contributed by atoms with Crippen LogP contribution in [0.4, 0.5) is 16.3 Å². The third-order valence-electron chi connectivity index (χ3n) is 4.93. The number of aromatic nitrogens is 4. The smallest absolute Gasteiger partial charge is 0.288 e. The monoisotopic (exact) mass is 364 g/mol. The minimum atomic E-state index is -0.781. The fraction of sp³-hybridized carbons (Fsp3) is 0.500. The second-order valence-electron chi connectivity index (χ2n) is 6.54. The average Bonchev–Trinajstić information content (AvgIpc) is 3.17. The van der Waals surface area contributed by atoms with Crippen molar-refractivity contribution in [2.45, 2.75) is 13.3 Å². The number of nitrogens with one attached hydrogen (secondary N) is 1. The maximum Gasteiger partial charge on any atom is 0.288 e. The van der Waals surface area contributed by atoms with Crippen LogP contribution < -0.4 is 15.4 Å². The van der Waals surface area contributed by atoms with Crippen molar-refractivity contribution in [1.82, 2.24) is 19.9 Å². The Morgan fingerprint density at radius 2 is 1.80 bits per heavy atom. The Kier molecular flexibility index (Phi) is 4.07. The van der Waals surface area contributed by atoms with Gasteiger partial charge in [0.25, 0.3) is 5.56 Å². The van der Waals surface area contributed by atoms with E-state index in [0.717, 1.165) is 26.2 Å². The zero-order valence-electron chi connectivity index (χ0n) is 13.7. The van der Waals surface area contributed by atoms with Crippen molar-refractivity contribution in [2.24, 2.45) is 11.8 Å². The van der Waals surface area contributed by atoms with Crippen molar-refractivity contribution in [2.75, 3.05) is 36.0 Å². The van der Waals surface area contributed by atoms with Gasteiger partial charge in [-0.05, 0) is 6.42 Å². The van der Waals surface area contributed by atoms with Gasteiger partial charge in [-0.1, -0.05) is 18.5 Å². The number of rotatable bonds is 3. The Labute approximate surface area is 148 Å². The molecule has 0 saturated carbocycles. The zero-order valence-corrected chi connectivity index (χ0v) is 14.5. The van der Waals surface area contributed by atoms with E-state index in [-0.39, 0.29) is 5.69 Å². The summed E-state index contributed by atoms with van der Waals surface area (Å²) in [6.45, 7) is 5.01. The first-order chi connectivity index (χ1) is 12.0. The Morgan fingerprint density at radius 3 is 2.40 bits per heavy atom. The van der Waals surface area contributed by atoms with Crippen LogP contribution in [-0.2, 0) is 6.42 Å². The van der Waals surface area contributed by atoms with E-state index >= 15 is 0 Å². The van der Waals surface area contributed by atoms with Crippen LogP contribution >= 0.6 is 11.6 Å². The lowest BCUT2D eigenvalue weighted by Crippen LogP contribution is -2.32. The zero-order chi connectivity index (χ0) is 17.6. The van der Waals surface area contributed by atoms with Gasteiger partial charge < -0.3 is 9.80 Å². The molecule has 2 aliphatic rings. The molecule has 2 fully saturated rings. The Bertz CT molecular complexity index is 828. The van der Waals surface area contributed by atoms with E-state index < -0.39 is 11.4 Å². The van der Waals surface area contributed by atoms with E-state index in [0.29, 0.717) is 35.2 Å². The molecule has 2 unspecified atom stereocenters. The van der Waals surface area contributed by atoms with Gasteiger partial charge in [-0.3, -0.25) is 9.78 Å². The number of anilines is 2. The van der Waals surface area contributed by atoms with Gasteiger partial charge >= 0.3 is 0 Å². The van der Waals surface area contributed by atoms with Crippen molar-refractivity contribution < 1.29 is 4.39 Å². The number of aromatic amines is 1. The number of hydrogen-bond donors (Lipinski definition) is 1. The molecule has 7 nitrogen and oxygen atoms in total. The highest BCUT2D eigenvalue weighted by Crippen LogP contribution is 2.34. The highest BCUT2D eigenvalue weighted by Gasteiger charge is 2.41. The van der Waals surface area contributed by atoms with Crippen LogP contribution in [0.1, 0.15) is 12.6 Å². The summed E-state index contributed by atoms with van der Waals surface area (Å²) in [7, 11) is 0. The topological polar surface area (TPSA) is 78.0 Å². The summed E-state index contributed by atoms with van der Waals surface area (Å²) in [6, 6.07) is 0. The molecule has 2 atom stereocenters. The number of H-pyrrole nitrogens is 1. The van der Waals surface area contributed by atoms with Crippen LogP contribution in [0, 0.1) is 17.7 Å². The Morgan fingerprint density at radius 1 is 1.20 bits per heavy atom. The summed E-state index contributed by atoms with van der Waals surface area (Å²) < 4.78 is 13.7. The summed E-state index contributed by atoms with van der Waals surface area (Å²) >= 11 is 5.84. The van der Waals surface area contributed by atoms with Gasteiger partial charge in [0, 0.05) is 38.0 Å². The number of nitrogens with zero attached hydrogens (tertiary/aromatic N) is 5. The van der Waals surface area contributed by atoms with Crippen LogP contribution in [-0.4, -0.2) is 46.1 Å². The molecular weight excluding hydrogens is 347 g/mol. The fourth-order valence-corrected chi connectivity index (χ4v) is 3.77. The van der Waals surface area contributed by atoms with Crippen molar-refractivity contribution in [3.05, 3.63) is 39.3 Å². The van der Waals surface area contributed by atoms with Gasteiger partial charge in [-0.25, -0.2) is 15.0 Å². The standard InChI is InChI=1S/C16H18ClFN6O/c1-2-12-13(18)14(25)22-16(21-12)24-7-9-5-23(6-10(9)8-24)15-19-3-11(17)4-20-15/h3-4,9-10H,2,5-8H2,1H3,(H,21,22,25). The maximum atomic E-state index is 13.7. The van der Waals surface area contributed by atoms with Gasteiger partial charge in [0.2, 0.25) is 17.7 Å². The van der Waals surface area contributed by atoms with Gasteiger partial charge in [-0.15, -0.1) is 0 Å². The third kappa shape index (κ3) is 2.95. The van der Waals surface area contributed by atoms with Crippen molar-refractivity contribution in [3.63, 3.8) is 0 Å². The minimum Gasteiger partial charge on any atom is -0.342 e. The van der Waals surface area contributed by atoms with Crippen molar-refractivity contribution in [3.8, 4) is 0 Å². The summed E-state index contributed by atoms with van der Waals surface area (Å²) in [5, 5.41) is 0.521. The molecule has 132 valence electrons. The van der Waals surface area contributed by atoms with Crippen LogP contribution in [0.25, 0.3) is 0 Å². The van der Waals surface area contributed by atoms with Crippen molar-refractivity contribution in [1.29, 1.82) is 0 Å². The quantitative estimate of drug-likeness (QED) is 0.889. The largest absolute Gasteiger partial charge is 0.342 e. The normalized spacial score (nSPS) is 22.5. The molecule has 2 aromatic rings. The van der Waals surface area contributed by atoms with Gasteiger partial charge in [0.1, 0.15) is 0 Å². The molecule has 4 rings (SSSR count). The number of aryl methyl sites for hydroxylation is 1. The van der Waals surface area contributed by atoms with E-state index in [2.05, 4.69) is 24.8 Å². The first kappa shape index (κ1) is 16.3. The van der Waals surface area contributed by atoms with Gasteiger partial charge in [0.05, 0.1) is 23.1 Å². The molecule has 0 amide bonds. The second kappa shape index (κ2) is 6.25. The Hall–Kier alpha value is -2.22. The van der Waals surface area contributed by atoms with E-state index in [1.54, 1.807) is 19.3 Å². The molecule has 9 heteroatoms. The Balaban J connectivity index is 1.49. The predicted molar refractivity (Wildman–Crippen MR) is 92.6 cm³/mol. The lowest BCUT2D eigenvalue weighted by molar-refractivity contribution is 0.533. The molecule has 4 heterocycles. The maximum absolute atomic E-state index is 13.7. The van der Waals surface area contributed by atoms with Gasteiger partial charge in [0.15, 0.2) is 0 Å². The molecule has 2 saturated heterocycles. The molecule has 0 aliphatic carbocycles. The predicted octanol–water partition coefficient (Wildman–Crippen LogP) is 1.49. The molecule has 0 bridgehead atoms.